The van der Waals surface area contributed by atoms with Crippen molar-refractivity contribution >= 4 is 24.0 Å². The molecule has 0 saturated carbocycles. The van der Waals surface area contributed by atoms with E-state index in [9.17, 15) is 33.3 Å². The van der Waals surface area contributed by atoms with Gasteiger partial charge in [0.05, 0.1) is 11.7 Å². The summed E-state index contributed by atoms with van der Waals surface area (Å²) in [6.07, 6.45) is -2.86. The molecule has 2 aromatic rings. The lowest BCUT2D eigenvalue weighted by atomic mass is 10.1. The maximum atomic E-state index is 12.5. The Hall–Kier alpha value is -2.49. The summed E-state index contributed by atoms with van der Waals surface area (Å²) in [5.41, 5.74) is 0.0385. The molecule has 0 aliphatic rings. The van der Waals surface area contributed by atoms with Gasteiger partial charge in [0, 0.05) is 24.7 Å². The first-order chi connectivity index (χ1) is 14.6. The zero-order valence-electron chi connectivity index (χ0n) is 17.5. The Balaban J connectivity index is 0.00000512. The lowest BCUT2D eigenvalue weighted by molar-refractivity contribution is -0.137. The van der Waals surface area contributed by atoms with Crippen LogP contribution in [0.1, 0.15) is 49.8 Å². The average Bonchev–Trinajstić information content (AvgIpc) is 2.71. The van der Waals surface area contributed by atoms with Crippen molar-refractivity contribution in [1.29, 1.82) is 0 Å². The molecule has 32 heavy (non-hydrogen) atoms. The number of aromatic hydroxyl groups is 2. The number of phenols is 2. The van der Waals surface area contributed by atoms with E-state index in [4.69, 9.17) is 0 Å². The molecule has 0 heterocycles. The van der Waals surface area contributed by atoms with Gasteiger partial charge in [-0.1, -0.05) is 12.5 Å². The van der Waals surface area contributed by atoms with Crippen LogP contribution < -0.4 is 10.6 Å². The van der Waals surface area contributed by atoms with Crippen molar-refractivity contribution in [2.75, 3.05) is 11.9 Å². The van der Waals surface area contributed by atoms with Crippen LogP contribution in [0.4, 0.5) is 18.9 Å². The molecule has 0 radical (unpaired) electrons. The number of phenolic OH excluding ortho intramolecular Hbond substituents is 2. The van der Waals surface area contributed by atoms with E-state index in [1.165, 1.54) is 30.3 Å². The number of benzene rings is 2. The van der Waals surface area contributed by atoms with Gasteiger partial charge in [0.15, 0.2) is 11.5 Å². The third-order valence-electron chi connectivity index (χ3n) is 4.83. The second-order valence-electron chi connectivity index (χ2n) is 7.44. The van der Waals surface area contributed by atoms with Gasteiger partial charge in [0.2, 0.25) is 5.91 Å². The summed E-state index contributed by atoms with van der Waals surface area (Å²) in [6.45, 7) is 2.21. The molecule has 1 amide bonds. The number of hydrogen-bond donors (Lipinski definition) is 5. The number of aliphatic hydroxyl groups is 1. The number of unbranched alkanes of at least 4 members (excludes halogenated alkanes) is 1. The second-order valence-corrected chi connectivity index (χ2v) is 7.44. The van der Waals surface area contributed by atoms with Crippen LogP contribution in [0.2, 0.25) is 0 Å². The van der Waals surface area contributed by atoms with E-state index < -0.39 is 17.8 Å². The number of aliphatic hydroxyl groups excluding tert-OH is 1. The van der Waals surface area contributed by atoms with E-state index in [0.29, 0.717) is 17.7 Å². The molecule has 5 N–H and O–H groups in total. The van der Waals surface area contributed by atoms with Crippen LogP contribution in [0.25, 0.3) is 0 Å². The van der Waals surface area contributed by atoms with Gasteiger partial charge in [-0.2, -0.15) is 13.2 Å². The Morgan fingerprint density at radius 2 is 1.69 bits per heavy atom. The SMILES string of the molecule is CC(CCCCC(=O)Nc1ccc(C(F)(F)F)cc1)NCC(O)c1ccc(O)c(O)c1.Cl. The van der Waals surface area contributed by atoms with Crippen molar-refractivity contribution in [3.63, 3.8) is 0 Å². The molecule has 0 fully saturated rings. The molecular weight excluding hydrogens is 449 g/mol. The maximum absolute atomic E-state index is 12.5. The number of amides is 1. The molecule has 0 aliphatic heterocycles. The number of carbonyl (C=O) groups excluding carboxylic acids is 1. The zero-order chi connectivity index (χ0) is 23.0. The third-order valence-corrected chi connectivity index (χ3v) is 4.83. The summed E-state index contributed by atoms with van der Waals surface area (Å²) >= 11 is 0. The van der Waals surface area contributed by atoms with E-state index in [2.05, 4.69) is 10.6 Å². The van der Waals surface area contributed by atoms with Gasteiger partial charge in [-0.3, -0.25) is 4.79 Å². The smallest absolute Gasteiger partial charge is 0.416 e. The Kier molecular flexibility index (Phi) is 10.8. The fourth-order valence-electron chi connectivity index (χ4n) is 2.98. The van der Waals surface area contributed by atoms with Gasteiger partial charge in [-0.25, -0.2) is 0 Å². The number of nitrogens with one attached hydrogen (secondary N) is 2. The van der Waals surface area contributed by atoms with Gasteiger partial charge in [-0.15, -0.1) is 12.4 Å². The van der Waals surface area contributed by atoms with Crippen LogP contribution in [0.3, 0.4) is 0 Å². The monoisotopic (exact) mass is 476 g/mol. The summed E-state index contributed by atoms with van der Waals surface area (Å²) in [5, 5.41) is 34.7. The molecule has 0 bridgehead atoms. The minimum absolute atomic E-state index is 0. The van der Waals surface area contributed by atoms with E-state index in [-0.39, 0.29) is 48.8 Å². The first-order valence-corrected chi connectivity index (χ1v) is 9.96. The number of alkyl halides is 3. The van der Waals surface area contributed by atoms with E-state index >= 15 is 0 Å². The van der Waals surface area contributed by atoms with Crippen LogP contribution in [0, 0.1) is 0 Å². The number of rotatable bonds is 10. The minimum Gasteiger partial charge on any atom is -0.504 e. The lowest BCUT2D eigenvalue weighted by Gasteiger charge is -2.17. The summed E-state index contributed by atoms with van der Waals surface area (Å²) in [5.74, 6) is -0.804. The van der Waals surface area contributed by atoms with Crippen molar-refractivity contribution in [2.45, 2.75) is 50.9 Å². The highest BCUT2D eigenvalue weighted by molar-refractivity contribution is 5.90. The molecule has 2 unspecified atom stereocenters. The number of halogens is 4. The molecule has 2 aromatic carbocycles. The number of hydrogen-bond acceptors (Lipinski definition) is 5. The van der Waals surface area contributed by atoms with Crippen LogP contribution in [0.15, 0.2) is 42.5 Å². The zero-order valence-corrected chi connectivity index (χ0v) is 18.3. The number of carbonyl (C=O) groups is 1. The summed E-state index contributed by atoms with van der Waals surface area (Å²) < 4.78 is 37.6. The fraction of sp³-hybridized carbons (Fsp3) is 0.409. The summed E-state index contributed by atoms with van der Waals surface area (Å²) in [4.78, 5) is 11.9. The lowest BCUT2D eigenvalue weighted by Crippen LogP contribution is -2.30. The molecular formula is C22H28ClF3N2O4. The van der Waals surface area contributed by atoms with Crippen molar-refractivity contribution in [2.24, 2.45) is 0 Å². The molecule has 0 saturated heterocycles. The van der Waals surface area contributed by atoms with Gasteiger partial charge >= 0.3 is 6.18 Å². The highest BCUT2D eigenvalue weighted by atomic mass is 35.5. The van der Waals surface area contributed by atoms with Crippen molar-refractivity contribution in [1.82, 2.24) is 5.32 Å². The van der Waals surface area contributed by atoms with Crippen LogP contribution in [-0.2, 0) is 11.0 Å². The number of anilines is 1. The van der Waals surface area contributed by atoms with Gasteiger partial charge in [0.1, 0.15) is 0 Å². The Morgan fingerprint density at radius 1 is 1.03 bits per heavy atom. The summed E-state index contributed by atoms with van der Waals surface area (Å²) in [6, 6.07) is 8.54. The quantitative estimate of drug-likeness (QED) is 0.251. The van der Waals surface area contributed by atoms with Crippen molar-refractivity contribution < 1.29 is 33.3 Å². The Bertz CT molecular complexity index is 863. The van der Waals surface area contributed by atoms with E-state index in [0.717, 1.165) is 25.0 Å². The molecule has 0 aromatic heterocycles. The van der Waals surface area contributed by atoms with Gasteiger partial charge in [0.25, 0.3) is 0 Å². The molecule has 6 nitrogen and oxygen atoms in total. The fourth-order valence-corrected chi connectivity index (χ4v) is 2.98. The first-order valence-electron chi connectivity index (χ1n) is 9.96. The second kappa shape index (κ2) is 12.5. The summed E-state index contributed by atoms with van der Waals surface area (Å²) in [7, 11) is 0. The molecule has 10 heteroatoms. The molecule has 2 rings (SSSR count). The molecule has 2 atom stereocenters. The van der Waals surface area contributed by atoms with Crippen LogP contribution in [0.5, 0.6) is 11.5 Å². The average molecular weight is 477 g/mol. The van der Waals surface area contributed by atoms with E-state index in [1.807, 2.05) is 6.92 Å². The minimum atomic E-state index is -4.41. The van der Waals surface area contributed by atoms with Gasteiger partial charge < -0.3 is 26.0 Å². The first kappa shape index (κ1) is 27.5. The highest BCUT2D eigenvalue weighted by Crippen LogP contribution is 2.30. The normalized spacial score (nSPS) is 13.2. The maximum Gasteiger partial charge on any atom is 0.416 e. The van der Waals surface area contributed by atoms with E-state index in [1.54, 1.807) is 0 Å². The Labute approximate surface area is 190 Å². The predicted molar refractivity (Wildman–Crippen MR) is 118 cm³/mol. The predicted octanol–water partition coefficient (Wildman–Crippen LogP) is 4.75. The van der Waals surface area contributed by atoms with Crippen LogP contribution in [-0.4, -0.2) is 33.8 Å². The van der Waals surface area contributed by atoms with Crippen LogP contribution >= 0.6 is 12.4 Å². The third kappa shape index (κ3) is 8.94. The molecule has 0 aliphatic carbocycles. The largest absolute Gasteiger partial charge is 0.504 e. The van der Waals surface area contributed by atoms with Crippen molar-refractivity contribution in [3.8, 4) is 11.5 Å². The topological polar surface area (TPSA) is 102 Å². The van der Waals surface area contributed by atoms with Gasteiger partial charge in [-0.05, 0) is 61.7 Å². The highest BCUT2D eigenvalue weighted by Gasteiger charge is 2.29. The molecule has 178 valence electrons. The Morgan fingerprint density at radius 3 is 2.28 bits per heavy atom. The molecule has 0 spiro atoms. The standard InChI is InChI=1S/C22H27F3N2O4.ClH/c1-14(26-13-20(30)15-6-11-18(28)19(29)12-15)4-2-3-5-21(31)27-17-9-7-16(8-10-17)22(23,24)25;/h6-12,14,20,26,28-30H,2-5,13H2,1H3,(H,27,31);1H. The van der Waals surface area contributed by atoms with Crippen molar-refractivity contribution in [3.05, 3.63) is 53.6 Å².